The average molecular weight is 334 g/mol. The summed E-state index contributed by atoms with van der Waals surface area (Å²) in [6.07, 6.45) is 2.54. The fourth-order valence-corrected chi connectivity index (χ4v) is 3.10. The van der Waals surface area contributed by atoms with Crippen molar-refractivity contribution in [2.45, 2.75) is 13.0 Å². The van der Waals surface area contributed by atoms with Crippen LogP contribution in [-0.2, 0) is 6.54 Å². The molecule has 6 nitrogen and oxygen atoms in total. The van der Waals surface area contributed by atoms with Crippen molar-refractivity contribution in [1.82, 2.24) is 9.55 Å². The molecule has 0 saturated carbocycles. The molecule has 2 aromatic carbocycles. The lowest BCUT2D eigenvalue weighted by atomic mass is 10.1. The summed E-state index contributed by atoms with van der Waals surface area (Å²) in [5.41, 5.74) is 2.00. The molecular weight excluding hydrogens is 320 g/mol. The van der Waals surface area contributed by atoms with Gasteiger partial charge < -0.3 is 10.2 Å². The van der Waals surface area contributed by atoms with Gasteiger partial charge in [-0.1, -0.05) is 12.1 Å². The van der Waals surface area contributed by atoms with Gasteiger partial charge >= 0.3 is 5.97 Å². The van der Waals surface area contributed by atoms with Crippen LogP contribution in [0.4, 0.5) is 0 Å². The Balaban J connectivity index is 1.90. The Labute approximate surface area is 142 Å². The van der Waals surface area contributed by atoms with Crippen LogP contribution >= 0.6 is 0 Å². The minimum atomic E-state index is -1.06. The first kappa shape index (κ1) is 15.1. The highest BCUT2D eigenvalue weighted by Crippen LogP contribution is 2.28. The molecule has 0 amide bonds. The topological polar surface area (TPSA) is 92.4 Å². The predicted molar refractivity (Wildman–Crippen MR) is 93.6 cm³/mol. The summed E-state index contributed by atoms with van der Waals surface area (Å²) in [5.74, 6) is -0.342. The number of carboxylic acids is 1. The molecule has 3 aromatic rings. The summed E-state index contributed by atoms with van der Waals surface area (Å²) in [4.78, 5) is 28.3. The maximum atomic E-state index is 12.7. The van der Waals surface area contributed by atoms with Gasteiger partial charge in [0.1, 0.15) is 11.6 Å². The van der Waals surface area contributed by atoms with E-state index in [0.29, 0.717) is 29.7 Å². The minimum absolute atomic E-state index is 0.0980. The van der Waals surface area contributed by atoms with E-state index in [1.54, 1.807) is 22.8 Å². The molecule has 0 spiro atoms. The first-order valence-electron chi connectivity index (χ1n) is 7.81. The van der Waals surface area contributed by atoms with E-state index >= 15 is 0 Å². The van der Waals surface area contributed by atoms with E-state index < -0.39 is 5.97 Å². The summed E-state index contributed by atoms with van der Waals surface area (Å²) >= 11 is 0. The van der Waals surface area contributed by atoms with Crippen LogP contribution in [0, 0.1) is 0 Å². The number of rotatable bonds is 2. The van der Waals surface area contributed by atoms with Crippen molar-refractivity contribution in [3.05, 3.63) is 69.8 Å². The van der Waals surface area contributed by atoms with Gasteiger partial charge in [-0.3, -0.25) is 9.36 Å². The molecule has 0 atom stereocenters. The van der Waals surface area contributed by atoms with Crippen LogP contribution in [0.2, 0.25) is 0 Å². The standard InChI is InChI=1S/C19H14N2O4/c22-14-3-1-2-11(9-14)8-12-6-7-21-17(12)20-16-10-13(19(24)25)4-5-15(16)18(21)23/h1-5,8-10,22H,6-7H2,(H,24,25)/b12-8+. The number of phenolic OH excluding ortho intramolecular Hbond substituents is 1. The lowest BCUT2D eigenvalue weighted by Crippen LogP contribution is -2.20. The third kappa shape index (κ3) is 2.57. The Morgan fingerprint density at radius 3 is 2.80 bits per heavy atom. The Hall–Kier alpha value is -3.41. The smallest absolute Gasteiger partial charge is 0.335 e. The number of fused-ring (bicyclic) bond motifs is 2. The Kier molecular flexibility index (Phi) is 3.39. The average Bonchev–Trinajstić information content (AvgIpc) is 2.97. The number of aromatic carboxylic acids is 1. The molecule has 6 heteroatoms. The van der Waals surface area contributed by atoms with Crippen molar-refractivity contribution in [1.29, 1.82) is 0 Å². The largest absolute Gasteiger partial charge is 0.508 e. The molecule has 1 aliphatic rings. The summed E-state index contributed by atoms with van der Waals surface area (Å²) in [6, 6.07) is 11.2. The van der Waals surface area contributed by atoms with Crippen LogP contribution in [0.5, 0.6) is 5.75 Å². The van der Waals surface area contributed by atoms with Crippen LogP contribution < -0.4 is 5.56 Å². The first-order valence-corrected chi connectivity index (χ1v) is 7.81. The zero-order valence-electron chi connectivity index (χ0n) is 13.1. The summed E-state index contributed by atoms with van der Waals surface area (Å²) in [7, 11) is 0. The Morgan fingerprint density at radius 1 is 1.20 bits per heavy atom. The number of allylic oxidation sites excluding steroid dienone is 1. The molecule has 4 rings (SSSR count). The molecule has 25 heavy (non-hydrogen) atoms. The lowest BCUT2D eigenvalue weighted by Gasteiger charge is -2.06. The third-order valence-electron chi connectivity index (χ3n) is 4.31. The van der Waals surface area contributed by atoms with Crippen molar-refractivity contribution in [2.75, 3.05) is 0 Å². The lowest BCUT2D eigenvalue weighted by molar-refractivity contribution is 0.0697. The summed E-state index contributed by atoms with van der Waals surface area (Å²) in [5, 5.41) is 19.1. The second-order valence-corrected chi connectivity index (χ2v) is 5.94. The molecular formula is C19H14N2O4. The number of hydrogen-bond donors (Lipinski definition) is 2. The van der Waals surface area contributed by atoms with Gasteiger partial charge in [0.15, 0.2) is 0 Å². The fraction of sp³-hybridized carbons (Fsp3) is 0.105. The van der Waals surface area contributed by atoms with E-state index in [2.05, 4.69) is 4.98 Å². The van der Waals surface area contributed by atoms with E-state index in [-0.39, 0.29) is 16.9 Å². The molecule has 1 aromatic heterocycles. The number of carbonyl (C=O) groups is 1. The zero-order chi connectivity index (χ0) is 17.6. The van der Waals surface area contributed by atoms with Gasteiger partial charge in [0.2, 0.25) is 0 Å². The van der Waals surface area contributed by atoms with Gasteiger partial charge in [-0.15, -0.1) is 0 Å². The number of benzene rings is 2. The predicted octanol–water partition coefficient (Wildman–Crippen LogP) is 2.74. The number of phenols is 1. The zero-order valence-corrected chi connectivity index (χ0v) is 13.1. The summed E-state index contributed by atoms with van der Waals surface area (Å²) in [6.45, 7) is 0.530. The van der Waals surface area contributed by atoms with E-state index in [0.717, 1.165) is 11.1 Å². The minimum Gasteiger partial charge on any atom is -0.508 e. The second-order valence-electron chi connectivity index (χ2n) is 5.94. The van der Waals surface area contributed by atoms with Crippen LogP contribution in [0.15, 0.2) is 47.3 Å². The molecule has 0 unspecified atom stereocenters. The van der Waals surface area contributed by atoms with Crippen molar-refractivity contribution >= 4 is 28.5 Å². The number of carboxylic acid groups (broad SMARTS) is 1. The normalized spacial score (nSPS) is 14.8. The van der Waals surface area contributed by atoms with Crippen LogP contribution in [0.1, 0.15) is 28.2 Å². The molecule has 2 heterocycles. The summed E-state index contributed by atoms with van der Waals surface area (Å²) < 4.78 is 1.61. The molecule has 124 valence electrons. The number of nitrogens with zero attached hydrogens (tertiary/aromatic N) is 2. The van der Waals surface area contributed by atoms with Gasteiger partial charge in [-0.2, -0.15) is 0 Å². The van der Waals surface area contributed by atoms with Crippen LogP contribution in [-0.4, -0.2) is 25.7 Å². The van der Waals surface area contributed by atoms with Crippen LogP contribution in [0.3, 0.4) is 0 Å². The first-order chi connectivity index (χ1) is 12.0. The highest BCUT2D eigenvalue weighted by Gasteiger charge is 2.21. The molecule has 0 aliphatic carbocycles. The molecule has 0 fully saturated rings. The maximum Gasteiger partial charge on any atom is 0.335 e. The van der Waals surface area contributed by atoms with E-state index in [9.17, 15) is 14.7 Å². The van der Waals surface area contributed by atoms with Gasteiger partial charge in [-0.05, 0) is 54.0 Å². The molecule has 0 radical (unpaired) electrons. The van der Waals surface area contributed by atoms with Crippen molar-refractivity contribution in [3.63, 3.8) is 0 Å². The Bertz CT molecular complexity index is 1110. The SMILES string of the molecule is O=C(O)c1ccc2c(=O)n3c(nc2c1)/C(=C/c1cccc(O)c1)CC3. The van der Waals surface area contributed by atoms with E-state index in [1.807, 2.05) is 12.1 Å². The third-order valence-corrected chi connectivity index (χ3v) is 4.31. The van der Waals surface area contributed by atoms with E-state index in [4.69, 9.17) is 5.11 Å². The second kappa shape index (κ2) is 5.59. The number of hydrogen-bond acceptors (Lipinski definition) is 4. The Morgan fingerprint density at radius 2 is 2.04 bits per heavy atom. The van der Waals surface area contributed by atoms with E-state index in [1.165, 1.54) is 18.2 Å². The monoisotopic (exact) mass is 334 g/mol. The van der Waals surface area contributed by atoms with Gasteiger partial charge in [0, 0.05) is 6.54 Å². The highest BCUT2D eigenvalue weighted by atomic mass is 16.4. The van der Waals surface area contributed by atoms with Crippen molar-refractivity contribution in [2.24, 2.45) is 0 Å². The molecule has 0 bridgehead atoms. The van der Waals surface area contributed by atoms with Gasteiger partial charge in [-0.25, -0.2) is 9.78 Å². The maximum absolute atomic E-state index is 12.7. The highest BCUT2D eigenvalue weighted by molar-refractivity contribution is 5.93. The molecule has 1 aliphatic heterocycles. The fourth-order valence-electron chi connectivity index (χ4n) is 3.10. The van der Waals surface area contributed by atoms with Gasteiger partial charge in [0.05, 0.1) is 16.5 Å². The number of aromatic hydroxyl groups is 1. The molecule has 2 N–H and O–H groups in total. The van der Waals surface area contributed by atoms with Gasteiger partial charge in [0.25, 0.3) is 5.56 Å². The molecule has 0 saturated heterocycles. The quantitative estimate of drug-likeness (QED) is 0.752. The van der Waals surface area contributed by atoms with Crippen molar-refractivity contribution in [3.8, 4) is 5.75 Å². The number of aromatic nitrogens is 2. The van der Waals surface area contributed by atoms with Crippen LogP contribution in [0.25, 0.3) is 22.6 Å². The van der Waals surface area contributed by atoms with Crippen molar-refractivity contribution < 1.29 is 15.0 Å².